The van der Waals surface area contributed by atoms with Crippen molar-refractivity contribution in [2.75, 3.05) is 7.11 Å². The molecule has 4 heteroatoms. The fourth-order valence-corrected chi connectivity index (χ4v) is 2.11. The van der Waals surface area contributed by atoms with Crippen LogP contribution in [-0.2, 0) is 4.79 Å². The molecular weight excluding hydrogens is 232 g/mol. The van der Waals surface area contributed by atoms with E-state index in [0.717, 1.165) is 10.6 Å². The first-order valence-corrected chi connectivity index (χ1v) is 5.68. The molecule has 2 nitrogen and oxygen atoms in total. The summed E-state index contributed by atoms with van der Waals surface area (Å²) in [5.74, 6) is 0.776. The third-order valence-electron chi connectivity index (χ3n) is 1.89. The Morgan fingerprint density at radius 3 is 2.67 bits per heavy atom. The zero-order chi connectivity index (χ0) is 11.5. The topological polar surface area (TPSA) is 26.3 Å². The highest BCUT2D eigenvalue weighted by atomic mass is 35.5. The number of carbonyl (C=O) groups is 1. The Kier molecular flexibility index (Phi) is 4.05. The molecule has 0 saturated heterocycles. The fraction of sp³-hybridized carbons (Fsp3) is 0.364. The molecule has 1 rings (SSSR count). The Balaban J connectivity index is 2.85. The van der Waals surface area contributed by atoms with Gasteiger partial charge in [0, 0.05) is 4.90 Å². The Morgan fingerprint density at radius 2 is 2.13 bits per heavy atom. The summed E-state index contributed by atoms with van der Waals surface area (Å²) in [7, 11) is 1.61. The average molecular weight is 245 g/mol. The normalized spacial score (nSPS) is 11.2. The van der Waals surface area contributed by atoms with E-state index >= 15 is 0 Å². The maximum atomic E-state index is 11.1. The number of benzene rings is 1. The maximum Gasteiger partial charge on any atom is 0.237 e. The lowest BCUT2D eigenvalue weighted by molar-refractivity contribution is -0.113. The van der Waals surface area contributed by atoms with Crippen molar-refractivity contribution in [3.63, 3.8) is 0 Å². The molecule has 0 amide bonds. The number of ether oxygens (including phenoxy) is 1. The zero-order valence-electron chi connectivity index (χ0n) is 8.91. The number of rotatable bonds is 4. The van der Waals surface area contributed by atoms with Crippen LogP contribution < -0.4 is 4.74 Å². The van der Waals surface area contributed by atoms with Crippen LogP contribution in [0.3, 0.4) is 0 Å². The van der Waals surface area contributed by atoms with Gasteiger partial charge in [-0.05, 0) is 43.6 Å². The molecular formula is C11H13ClO2S. The first-order valence-electron chi connectivity index (χ1n) is 4.49. The molecule has 82 valence electrons. The summed E-state index contributed by atoms with van der Waals surface area (Å²) in [6, 6.07) is 7.55. The number of hydrogen-bond acceptors (Lipinski definition) is 3. The van der Waals surface area contributed by atoms with Crippen molar-refractivity contribution in [3.05, 3.63) is 24.3 Å². The van der Waals surface area contributed by atoms with Crippen LogP contribution in [-0.4, -0.2) is 17.1 Å². The van der Waals surface area contributed by atoms with Gasteiger partial charge in [-0.25, -0.2) is 0 Å². The number of hydrogen-bond donors (Lipinski definition) is 0. The van der Waals surface area contributed by atoms with Crippen molar-refractivity contribution in [1.29, 1.82) is 0 Å². The van der Waals surface area contributed by atoms with Gasteiger partial charge in [-0.3, -0.25) is 4.79 Å². The van der Waals surface area contributed by atoms with Gasteiger partial charge in [0.05, 0.1) is 11.9 Å². The summed E-state index contributed by atoms with van der Waals surface area (Å²) in [4.78, 5) is 12.1. The Hall–Kier alpha value is -0.670. The fourth-order valence-electron chi connectivity index (χ4n) is 0.999. The number of halogens is 1. The van der Waals surface area contributed by atoms with Crippen molar-refractivity contribution in [1.82, 2.24) is 0 Å². The van der Waals surface area contributed by atoms with Crippen molar-refractivity contribution < 1.29 is 9.53 Å². The molecule has 0 N–H and O–H groups in total. The average Bonchev–Trinajstić information content (AvgIpc) is 2.17. The molecule has 0 bridgehead atoms. The van der Waals surface area contributed by atoms with E-state index < -0.39 is 4.75 Å². The van der Waals surface area contributed by atoms with E-state index in [-0.39, 0.29) is 5.24 Å². The van der Waals surface area contributed by atoms with Crippen LogP contribution in [0.1, 0.15) is 13.8 Å². The lowest BCUT2D eigenvalue weighted by atomic mass is 10.2. The summed E-state index contributed by atoms with van der Waals surface area (Å²) < 4.78 is 4.48. The lowest BCUT2D eigenvalue weighted by Gasteiger charge is -2.18. The highest BCUT2D eigenvalue weighted by Crippen LogP contribution is 2.35. The van der Waals surface area contributed by atoms with Gasteiger partial charge >= 0.3 is 0 Å². The minimum atomic E-state index is -0.617. The Morgan fingerprint density at radius 1 is 1.47 bits per heavy atom. The van der Waals surface area contributed by atoms with Crippen molar-refractivity contribution in [2.24, 2.45) is 0 Å². The molecule has 0 saturated carbocycles. The van der Waals surface area contributed by atoms with Gasteiger partial charge in [0.2, 0.25) is 5.24 Å². The molecule has 0 aliphatic rings. The molecule has 0 aliphatic heterocycles. The van der Waals surface area contributed by atoms with Crippen LogP contribution in [0.15, 0.2) is 29.2 Å². The van der Waals surface area contributed by atoms with Gasteiger partial charge in [-0.2, -0.15) is 0 Å². The number of methoxy groups -OCH3 is 1. The minimum absolute atomic E-state index is 0.352. The predicted molar refractivity (Wildman–Crippen MR) is 63.8 cm³/mol. The quantitative estimate of drug-likeness (QED) is 0.600. The molecule has 0 unspecified atom stereocenters. The lowest BCUT2D eigenvalue weighted by Crippen LogP contribution is -2.22. The van der Waals surface area contributed by atoms with E-state index in [1.165, 1.54) is 11.8 Å². The van der Waals surface area contributed by atoms with Crippen molar-refractivity contribution in [2.45, 2.75) is 23.5 Å². The van der Waals surface area contributed by atoms with Gasteiger partial charge in [-0.1, -0.05) is 6.07 Å². The summed E-state index contributed by atoms with van der Waals surface area (Å²) in [6.07, 6.45) is 0. The molecule has 0 spiro atoms. The van der Waals surface area contributed by atoms with Crippen LogP contribution >= 0.6 is 23.4 Å². The molecule has 0 radical (unpaired) electrons. The first-order chi connectivity index (χ1) is 6.95. The highest BCUT2D eigenvalue weighted by Gasteiger charge is 2.27. The third kappa shape index (κ3) is 3.43. The Bertz CT molecular complexity index is 363. The van der Waals surface area contributed by atoms with Crippen LogP contribution in [0, 0.1) is 0 Å². The van der Waals surface area contributed by atoms with Crippen LogP contribution in [0.4, 0.5) is 0 Å². The molecule has 0 aromatic heterocycles. The summed E-state index contributed by atoms with van der Waals surface area (Å²) in [5, 5.41) is -0.352. The second-order valence-electron chi connectivity index (χ2n) is 3.57. The minimum Gasteiger partial charge on any atom is -0.497 e. The second-order valence-corrected chi connectivity index (χ2v) is 5.60. The zero-order valence-corrected chi connectivity index (χ0v) is 10.5. The summed E-state index contributed by atoms with van der Waals surface area (Å²) in [5.41, 5.74) is 0. The van der Waals surface area contributed by atoms with Gasteiger partial charge in [-0.15, -0.1) is 11.8 Å². The molecule has 0 fully saturated rings. The van der Waals surface area contributed by atoms with Crippen LogP contribution in [0.5, 0.6) is 5.75 Å². The van der Waals surface area contributed by atoms with Crippen LogP contribution in [0.2, 0.25) is 0 Å². The molecule has 15 heavy (non-hydrogen) atoms. The van der Waals surface area contributed by atoms with Gasteiger partial charge in [0.25, 0.3) is 0 Å². The van der Waals surface area contributed by atoms with Gasteiger partial charge in [0.1, 0.15) is 5.75 Å². The summed E-state index contributed by atoms with van der Waals surface area (Å²) >= 11 is 6.92. The van der Waals surface area contributed by atoms with E-state index in [1.807, 2.05) is 24.3 Å². The molecule has 1 aromatic rings. The van der Waals surface area contributed by atoms with Gasteiger partial charge < -0.3 is 4.74 Å². The van der Waals surface area contributed by atoms with Gasteiger partial charge in [0.15, 0.2) is 0 Å². The monoisotopic (exact) mass is 244 g/mol. The first kappa shape index (κ1) is 12.4. The largest absolute Gasteiger partial charge is 0.497 e. The number of carbonyl (C=O) groups excluding carboxylic acids is 1. The standard InChI is InChI=1S/C11H13ClO2S/c1-11(2,10(12)13)15-9-6-4-5-8(7-9)14-3/h4-7H,1-3H3. The Labute approximate surface area is 99.0 Å². The smallest absolute Gasteiger partial charge is 0.237 e. The molecule has 0 atom stereocenters. The SMILES string of the molecule is COc1cccc(SC(C)(C)C(=O)Cl)c1. The van der Waals surface area contributed by atoms with Crippen molar-refractivity contribution in [3.8, 4) is 5.75 Å². The van der Waals surface area contributed by atoms with E-state index in [0.29, 0.717) is 0 Å². The molecule has 1 aromatic carbocycles. The van der Waals surface area contributed by atoms with E-state index in [9.17, 15) is 4.79 Å². The molecule has 0 aliphatic carbocycles. The van der Waals surface area contributed by atoms with Crippen LogP contribution in [0.25, 0.3) is 0 Å². The third-order valence-corrected chi connectivity index (χ3v) is 3.66. The van der Waals surface area contributed by atoms with E-state index in [1.54, 1.807) is 21.0 Å². The maximum absolute atomic E-state index is 11.1. The highest BCUT2D eigenvalue weighted by molar-refractivity contribution is 8.01. The second kappa shape index (κ2) is 4.90. The van der Waals surface area contributed by atoms with E-state index in [4.69, 9.17) is 16.3 Å². The number of thioether (sulfide) groups is 1. The predicted octanol–water partition coefficient (Wildman–Crippen LogP) is 3.33. The van der Waals surface area contributed by atoms with Crippen molar-refractivity contribution >= 4 is 28.6 Å². The van der Waals surface area contributed by atoms with E-state index in [2.05, 4.69) is 0 Å². The molecule has 0 heterocycles. The summed E-state index contributed by atoms with van der Waals surface area (Å²) in [6.45, 7) is 3.60.